The molecule has 0 aliphatic heterocycles. The fourth-order valence-corrected chi connectivity index (χ4v) is 2.03. The van der Waals surface area contributed by atoms with Gasteiger partial charge in [-0.15, -0.1) is 0 Å². The first kappa shape index (κ1) is 15.8. The summed E-state index contributed by atoms with van der Waals surface area (Å²) in [5, 5.41) is 11.0. The molecule has 0 aliphatic carbocycles. The number of oxazole rings is 1. The van der Waals surface area contributed by atoms with E-state index in [1.54, 1.807) is 0 Å². The second-order valence-corrected chi connectivity index (χ2v) is 4.88. The third-order valence-corrected chi connectivity index (χ3v) is 3.10. The molecule has 0 unspecified atom stereocenters. The predicted molar refractivity (Wildman–Crippen MR) is 80.3 cm³/mol. The molecule has 1 heterocycles. The number of benzene rings is 1. The topological polar surface area (TPSA) is 92.4 Å². The number of aromatic nitrogens is 1. The van der Waals surface area contributed by atoms with Crippen molar-refractivity contribution in [2.75, 3.05) is 6.54 Å². The number of carbonyl (C=O) groups is 2. The SMILES string of the molecule is Cc1nc(CCC(=O)NCCC(=O)O)oc1-c1ccccc1. The Hall–Kier alpha value is -2.63. The van der Waals surface area contributed by atoms with Crippen molar-refractivity contribution in [1.82, 2.24) is 10.3 Å². The Kier molecular flexibility index (Phi) is 5.30. The molecule has 2 N–H and O–H groups in total. The third kappa shape index (κ3) is 4.44. The zero-order chi connectivity index (χ0) is 15.9. The molecule has 2 rings (SSSR count). The Bertz CT molecular complexity index is 649. The lowest BCUT2D eigenvalue weighted by molar-refractivity contribution is -0.136. The van der Waals surface area contributed by atoms with Gasteiger partial charge in [-0.25, -0.2) is 4.98 Å². The average Bonchev–Trinajstić information content (AvgIpc) is 2.87. The van der Waals surface area contributed by atoms with Crippen LogP contribution in [0.1, 0.15) is 24.4 Å². The normalized spacial score (nSPS) is 10.4. The summed E-state index contributed by atoms with van der Waals surface area (Å²) in [6, 6.07) is 9.66. The number of nitrogens with zero attached hydrogens (tertiary/aromatic N) is 1. The molecule has 116 valence electrons. The van der Waals surface area contributed by atoms with Gasteiger partial charge in [-0.05, 0) is 6.92 Å². The van der Waals surface area contributed by atoms with E-state index in [1.807, 2.05) is 37.3 Å². The zero-order valence-electron chi connectivity index (χ0n) is 12.3. The zero-order valence-corrected chi connectivity index (χ0v) is 12.3. The second-order valence-electron chi connectivity index (χ2n) is 4.88. The second kappa shape index (κ2) is 7.40. The molecule has 0 bridgehead atoms. The van der Waals surface area contributed by atoms with Gasteiger partial charge in [-0.1, -0.05) is 30.3 Å². The van der Waals surface area contributed by atoms with E-state index in [0.717, 1.165) is 11.3 Å². The van der Waals surface area contributed by atoms with Gasteiger partial charge < -0.3 is 14.8 Å². The molecule has 0 saturated heterocycles. The molecule has 1 aromatic heterocycles. The Morgan fingerprint density at radius 2 is 1.95 bits per heavy atom. The average molecular weight is 302 g/mol. The summed E-state index contributed by atoms with van der Waals surface area (Å²) in [5.74, 6) is 0.0705. The fourth-order valence-electron chi connectivity index (χ4n) is 2.03. The number of carboxylic acid groups (broad SMARTS) is 1. The van der Waals surface area contributed by atoms with E-state index in [-0.39, 0.29) is 25.3 Å². The van der Waals surface area contributed by atoms with Crippen molar-refractivity contribution in [2.24, 2.45) is 0 Å². The van der Waals surface area contributed by atoms with Crippen LogP contribution in [0.25, 0.3) is 11.3 Å². The Balaban J connectivity index is 1.89. The molecule has 1 aromatic carbocycles. The maximum absolute atomic E-state index is 11.6. The lowest BCUT2D eigenvalue weighted by Gasteiger charge is -2.01. The van der Waals surface area contributed by atoms with Crippen LogP contribution in [-0.2, 0) is 16.0 Å². The van der Waals surface area contributed by atoms with Gasteiger partial charge in [0.1, 0.15) is 0 Å². The Labute approximate surface area is 128 Å². The fraction of sp³-hybridized carbons (Fsp3) is 0.312. The number of carbonyl (C=O) groups excluding carboxylic acids is 1. The summed E-state index contributed by atoms with van der Waals surface area (Å²) in [6.07, 6.45) is 0.516. The van der Waals surface area contributed by atoms with E-state index in [1.165, 1.54) is 0 Å². The first-order valence-electron chi connectivity index (χ1n) is 7.06. The van der Waals surface area contributed by atoms with Crippen LogP contribution in [0.2, 0.25) is 0 Å². The molecular weight excluding hydrogens is 284 g/mol. The highest BCUT2D eigenvalue weighted by Crippen LogP contribution is 2.24. The van der Waals surface area contributed by atoms with Gasteiger partial charge in [0.25, 0.3) is 0 Å². The summed E-state index contributed by atoms with van der Waals surface area (Å²) in [7, 11) is 0. The molecule has 0 aliphatic rings. The van der Waals surface area contributed by atoms with E-state index >= 15 is 0 Å². The van der Waals surface area contributed by atoms with Crippen LogP contribution in [0.15, 0.2) is 34.7 Å². The van der Waals surface area contributed by atoms with Crippen LogP contribution >= 0.6 is 0 Å². The van der Waals surface area contributed by atoms with Crippen LogP contribution in [0, 0.1) is 6.92 Å². The number of rotatable bonds is 7. The maximum Gasteiger partial charge on any atom is 0.305 e. The number of nitrogens with one attached hydrogen (secondary N) is 1. The molecule has 0 atom stereocenters. The smallest absolute Gasteiger partial charge is 0.305 e. The van der Waals surface area contributed by atoms with Crippen LogP contribution in [0.4, 0.5) is 0 Å². The summed E-state index contributed by atoms with van der Waals surface area (Å²) < 4.78 is 5.71. The van der Waals surface area contributed by atoms with Gasteiger partial charge in [-0.2, -0.15) is 0 Å². The van der Waals surface area contributed by atoms with Crippen molar-refractivity contribution < 1.29 is 19.1 Å². The van der Waals surface area contributed by atoms with Crippen molar-refractivity contribution in [2.45, 2.75) is 26.2 Å². The number of hydrogen-bond acceptors (Lipinski definition) is 4. The summed E-state index contributed by atoms with van der Waals surface area (Å²) in [6.45, 7) is 2.00. The van der Waals surface area contributed by atoms with Gasteiger partial charge >= 0.3 is 5.97 Å². The molecule has 0 radical (unpaired) electrons. The van der Waals surface area contributed by atoms with Gasteiger partial charge in [0.15, 0.2) is 11.7 Å². The largest absolute Gasteiger partial charge is 0.481 e. The number of amides is 1. The third-order valence-electron chi connectivity index (χ3n) is 3.10. The quantitative estimate of drug-likeness (QED) is 0.817. The standard InChI is InChI=1S/C16H18N2O4/c1-11-16(12-5-3-2-4-6-12)22-14(18-11)8-7-13(19)17-10-9-15(20)21/h2-6H,7-10H2,1H3,(H,17,19)(H,20,21). The minimum atomic E-state index is -0.934. The van der Waals surface area contributed by atoms with Crippen LogP contribution in [0.3, 0.4) is 0 Å². The van der Waals surface area contributed by atoms with Crippen molar-refractivity contribution in [3.05, 3.63) is 41.9 Å². The van der Waals surface area contributed by atoms with E-state index in [4.69, 9.17) is 9.52 Å². The number of hydrogen-bond donors (Lipinski definition) is 2. The van der Waals surface area contributed by atoms with E-state index < -0.39 is 5.97 Å². The highest BCUT2D eigenvalue weighted by Gasteiger charge is 2.12. The minimum Gasteiger partial charge on any atom is -0.481 e. The lowest BCUT2D eigenvalue weighted by Crippen LogP contribution is -2.26. The lowest BCUT2D eigenvalue weighted by atomic mass is 10.1. The molecule has 0 spiro atoms. The number of aliphatic carboxylic acids is 1. The first-order chi connectivity index (χ1) is 10.6. The molecule has 2 aromatic rings. The molecule has 0 saturated carbocycles. The van der Waals surface area contributed by atoms with Gasteiger partial charge in [0.05, 0.1) is 12.1 Å². The summed E-state index contributed by atoms with van der Waals surface area (Å²) in [4.78, 5) is 26.3. The van der Waals surface area contributed by atoms with Gasteiger partial charge in [-0.3, -0.25) is 9.59 Å². The Morgan fingerprint density at radius 3 is 2.64 bits per heavy atom. The van der Waals surface area contributed by atoms with Crippen molar-refractivity contribution >= 4 is 11.9 Å². The number of aryl methyl sites for hydroxylation is 2. The van der Waals surface area contributed by atoms with E-state index in [0.29, 0.717) is 18.1 Å². The monoisotopic (exact) mass is 302 g/mol. The van der Waals surface area contributed by atoms with Crippen molar-refractivity contribution in [3.63, 3.8) is 0 Å². The molecule has 22 heavy (non-hydrogen) atoms. The summed E-state index contributed by atoms with van der Waals surface area (Å²) >= 11 is 0. The summed E-state index contributed by atoms with van der Waals surface area (Å²) in [5.41, 5.74) is 1.73. The van der Waals surface area contributed by atoms with Crippen LogP contribution < -0.4 is 5.32 Å². The predicted octanol–water partition coefficient (Wildman–Crippen LogP) is 2.17. The molecule has 6 nitrogen and oxygen atoms in total. The number of carboxylic acids is 1. The van der Waals surface area contributed by atoms with Crippen molar-refractivity contribution in [1.29, 1.82) is 0 Å². The molecule has 1 amide bonds. The van der Waals surface area contributed by atoms with Crippen LogP contribution in [-0.4, -0.2) is 28.5 Å². The highest BCUT2D eigenvalue weighted by molar-refractivity contribution is 5.76. The molecular formula is C16H18N2O4. The van der Waals surface area contributed by atoms with Crippen LogP contribution in [0.5, 0.6) is 0 Å². The molecule has 6 heteroatoms. The highest BCUT2D eigenvalue weighted by atomic mass is 16.4. The van der Waals surface area contributed by atoms with Gasteiger partial charge in [0.2, 0.25) is 5.91 Å². The van der Waals surface area contributed by atoms with E-state index in [9.17, 15) is 9.59 Å². The van der Waals surface area contributed by atoms with E-state index in [2.05, 4.69) is 10.3 Å². The van der Waals surface area contributed by atoms with Crippen molar-refractivity contribution in [3.8, 4) is 11.3 Å². The first-order valence-corrected chi connectivity index (χ1v) is 7.06. The minimum absolute atomic E-state index is 0.0813. The maximum atomic E-state index is 11.6. The Morgan fingerprint density at radius 1 is 1.23 bits per heavy atom. The molecule has 0 fully saturated rings. The van der Waals surface area contributed by atoms with Gasteiger partial charge in [0, 0.05) is 24.9 Å².